The van der Waals surface area contributed by atoms with Gasteiger partial charge in [-0.2, -0.15) is 0 Å². The Morgan fingerprint density at radius 2 is 1.75 bits per heavy atom. The van der Waals surface area contributed by atoms with Crippen molar-refractivity contribution in [3.8, 4) is 0 Å². The Morgan fingerprint density at radius 3 is 2.12 bits per heavy atom. The predicted octanol–water partition coefficient (Wildman–Crippen LogP) is 3.56. The van der Waals surface area contributed by atoms with Crippen molar-refractivity contribution in [3.05, 3.63) is 35.4 Å². The van der Waals surface area contributed by atoms with Crippen molar-refractivity contribution >= 4 is 11.1 Å². The summed E-state index contributed by atoms with van der Waals surface area (Å²) in [5, 5.41) is 0. The molecule has 2 unspecified atom stereocenters. The summed E-state index contributed by atoms with van der Waals surface area (Å²) in [4.78, 5) is 0. The van der Waals surface area contributed by atoms with Gasteiger partial charge in [-0.1, -0.05) is 52.0 Å². The fourth-order valence-electron chi connectivity index (χ4n) is 1.55. The molecule has 0 heterocycles. The summed E-state index contributed by atoms with van der Waals surface area (Å²) in [6, 6.07) is 7.98. The van der Waals surface area contributed by atoms with Crippen LogP contribution < -0.4 is 0 Å². The van der Waals surface area contributed by atoms with E-state index in [0.717, 1.165) is 5.56 Å². The van der Waals surface area contributed by atoms with Gasteiger partial charge < -0.3 is 4.55 Å². The molecule has 0 aliphatic rings. The molecule has 0 amide bonds. The van der Waals surface area contributed by atoms with E-state index in [1.165, 1.54) is 5.56 Å². The second-order valence-electron chi connectivity index (χ2n) is 5.30. The van der Waals surface area contributed by atoms with Gasteiger partial charge in [0.2, 0.25) is 0 Å². The maximum absolute atomic E-state index is 10.7. The highest BCUT2D eigenvalue weighted by molar-refractivity contribution is 7.78. The molecule has 0 aromatic heterocycles. The normalized spacial score (nSPS) is 15.8. The third-order valence-electron chi connectivity index (χ3n) is 3.07. The first-order chi connectivity index (χ1) is 7.30. The van der Waals surface area contributed by atoms with E-state index in [1.54, 1.807) is 0 Å². The van der Waals surface area contributed by atoms with Crippen molar-refractivity contribution in [2.75, 3.05) is 0 Å². The van der Waals surface area contributed by atoms with E-state index in [9.17, 15) is 4.21 Å². The second-order valence-corrected chi connectivity index (χ2v) is 6.23. The zero-order valence-electron chi connectivity index (χ0n) is 10.4. The lowest BCUT2D eigenvalue weighted by Crippen LogP contribution is -2.15. The van der Waals surface area contributed by atoms with Crippen molar-refractivity contribution in [2.45, 2.75) is 39.4 Å². The zero-order valence-corrected chi connectivity index (χ0v) is 11.2. The highest BCUT2D eigenvalue weighted by Gasteiger charge is 2.21. The molecule has 0 saturated heterocycles. The highest BCUT2D eigenvalue weighted by Crippen LogP contribution is 2.34. The maximum Gasteiger partial charge on any atom is 0.157 e. The molecule has 3 heteroatoms. The zero-order chi connectivity index (χ0) is 12.3. The lowest BCUT2D eigenvalue weighted by Gasteiger charge is -2.27. The lowest BCUT2D eigenvalue weighted by atomic mass is 9.78. The molecule has 0 saturated carbocycles. The molecular weight excluding hydrogens is 220 g/mol. The standard InChI is InChI=1S/C13H20O2S/c1-10(13(2,3)4)12-7-5-11(6-8-12)9-16(14)15/h5-8,10H,9H2,1-4H3,(H,14,15). The predicted molar refractivity (Wildman–Crippen MR) is 68.8 cm³/mol. The Bertz CT molecular complexity index is 363. The van der Waals surface area contributed by atoms with Gasteiger partial charge in [0.25, 0.3) is 0 Å². The van der Waals surface area contributed by atoms with Gasteiger partial charge in [0.1, 0.15) is 0 Å². The minimum Gasteiger partial charge on any atom is -0.306 e. The third-order valence-corrected chi connectivity index (χ3v) is 3.65. The van der Waals surface area contributed by atoms with E-state index in [0.29, 0.717) is 5.92 Å². The summed E-state index contributed by atoms with van der Waals surface area (Å²) >= 11 is -1.75. The third kappa shape index (κ3) is 3.72. The summed E-state index contributed by atoms with van der Waals surface area (Å²) in [6.45, 7) is 8.86. The summed E-state index contributed by atoms with van der Waals surface area (Å²) in [5.41, 5.74) is 2.42. The molecule has 90 valence electrons. The van der Waals surface area contributed by atoms with E-state index in [-0.39, 0.29) is 11.2 Å². The minimum absolute atomic E-state index is 0.212. The van der Waals surface area contributed by atoms with Crippen molar-refractivity contribution in [2.24, 2.45) is 5.41 Å². The van der Waals surface area contributed by atoms with Crippen LogP contribution in [0.3, 0.4) is 0 Å². The van der Waals surface area contributed by atoms with E-state index >= 15 is 0 Å². The highest BCUT2D eigenvalue weighted by atomic mass is 32.2. The van der Waals surface area contributed by atoms with Gasteiger partial charge >= 0.3 is 0 Å². The molecule has 1 aromatic rings. The fourth-order valence-corrected chi connectivity index (χ4v) is 2.02. The van der Waals surface area contributed by atoms with Crippen molar-refractivity contribution in [3.63, 3.8) is 0 Å². The number of rotatable bonds is 3. The molecule has 2 atom stereocenters. The van der Waals surface area contributed by atoms with Crippen molar-refractivity contribution in [1.82, 2.24) is 0 Å². The van der Waals surface area contributed by atoms with Crippen LogP contribution in [0.15, 0.2) is 24.3 Å². The van der Waals surface area contributed by atoms with Crippen LogP contribution in [0.25, 0.3) is 0 Å². The smallest absolute Gasteiger partial charge is 0.157 e. The molecule has 16 heavy (non-hydrogen) atoms. The molecule has 1 aromatic carbocycles. The largest absolute Gasteiger partial charge is 0.306 e. The first-order valence-corrected chi connectivity index (χ1v) is 6.74. The van der Waals surface area contributed by atoms with E-state index in [1.807, 2.05) is 12.1 Å². The Morgan fingerprint density at radius 1 is 1.25 bits per heavy atom. The van der Waals surface area contributed by atoms with Gasteiger partial charge in [-0.25, -0.2) is 4.21 Å². The van der Waals surface area contributed by atoms with E-state index in [4.69, 9.17) is 4.55 Å². The average Bonchev–Trinajstić information content (AvgIpc) is 2.15. The van der Waals surface area contributed by atoms with Crippen LogP contribution in [-0.2, 0) is 16.8 Å². The second kappa shape index (κ2) is 5.11. The van der Waals surface area contributed by atoms with Crippen LogP contribution in [0.4, 0.5) is 0 Å². The van der Waals surface area contributed by atoms with Crippen LogP contribution >= 0.6 is 0 Å². The Hall–Kier alpha value is -0.670. The first kappa shape index (κ1) is 13.4. The molecule has 1 rings (SSSR count). The van der Waals surface area contributed by atoms with Gasteiger partial charge in [0, 0.05) is 0 Å². The number of hydrogen-bond acceptors (Lipinski definition) is 1. The molecule has 0 bridgehead atoms. The summed E-state index contributed by atoms with van der Waals surface area (Å²) < 4.78 is 19.4. The molecule has 0 fully saturated rings. The van der Waals surface area contributed by atoms with Gasteiger partial charge in [-0.05, 0) is 22.5 Å². The first-order valence-electron chi connectivity index (χ1n) is 5.47. The topological polar surface area (TPSA) is 37.3 Å². The fraction of sp³-hybridized carbons (Fsp3) is 0.538. The van der Waals surface area contributed by atoms with Crippen molar-refractivity contribution < 1.29 is 8.76 Å². The van der Waals surface area contributed by atoms with Crippen LogP contribution in [0.5, 0.6) is 0 Å². The molecule has 0 aliphatic heterocycles. The summed E-state index contributed by atoms with van der Waals surface area (Å²) in [7, 11) is 0. The van der Waals surface area contributed by atoms with Crippen molar-refractivity contribution in [1.29, 1.82) is 0 Å². The summed E-state index contributed by atoms with van der Waals surface area (Å²) in [5.74, 6) is 0.686. The minimum atomic E-state index is -1.75. The monoisotopic (exact) mass is 240 g/mol. The number of benzene rings is 1. The molecule has 0 aliphatic carbocycles. The Labute approximate surface area is 100 Å². The van der Waals surface area contributed by atoms with Gasteiger partial charge in [-0.15, -0.1) is 0 Å². The Kier molecular flexibility index (Phi) is 4.28. The maximum atomic E-state index is 10.7. The summed E-state index contributed by atoms with van der Waals surface area (Å²) in [6.07, 6.45) is 0. The van der Waals surface area contributed by atoms with Gasteiger partial charge in [0.15, 0.2) is 11.1 Å². The average molecular weight is 240 g/mol. The molecular formula is C13H20O2S. The molecule has 1 N–H and O–H groups in total. The molecule has 0 spiro atoms. The van der Waals surface area contributed by atoms with Crippen LogP contribution in [0, 0.1) is 5.41 Å². The lowest BCUT2D eigenvalue weighted by molar-refractivity contribution is 0.339. The van der Waals surface area contributed by atoms with E-state index < -0.39 is 11.1 Å². The van der Waals surface area contributed by atoms with Crippen LogP contribution in [-0.4, -0.2) is 8.76 Å². The van der Waals surface area contributed by atoms with Gasteiger partial charge in [0.05, 0.1) is 5.75 Å². The number of hydrogen-bond donors (Lipinski definition) is 1. The van der Waals surface area contributed by atoms with Gasteiger partial charge in [-0.3, -0.25) is 0 Å². The molecule has 2 nitrogen and oxygen atoms in total. The van der Waals surface area contributed by atoms with Crippen LogP contribution in [0.1, 0.15) is 44.7 Å². The van der Waals surface area contributed by atoms with Crippen LogP contribution in [0.2, 0.25) is 0 Å². The van der Waals surface area contributed by atoms with E-state index in [2.05, 4.69) is 39.8 Å². The quantitative estimate of drug-likeness (QED) is 0.820. The SMILES string of the molecule is CC(c1ccc(CS(=O)O)cc1)C(C)(C)C. The Balaban J connectivity index is 2.83. The molecule has 0 radical (unpaired) electrons.